The number of ether oxygens (including phenoxy) is 3. The highest BCUT2D eigenvalue weighted by atomic mass is 19.1. The first kappa shape index (κ1) is 22.4. The fourth-order valence-corrected chi connectivity index (χ4v) is 4.75. The molecule has 5 rings (SSSR count). The topological polar surface area (TPSA) is 90.0 Å². The van der Waals surface area contributed by atoms with E-state index in [1.807, 2.05) is 6.92 Å². The number of aromatic nitrogens is 1. The Morgan fingerprint density at radius 1 is 1.29 bits per heavy atom. The summed E-state index contributed by atoms with van der Waals surface area (Å²) in [5.41, 5.74) is 2.15. The average molecular weight is 470 g/mol. The van der Waals surface area contributed by atoms with Gasteiger partial charge in [0.2, 0.25) is 11.8 Å². The van der Waals surface area contributed by atoms with Gasteiger partial charge < -0.3 is 24.4 Å². The molecule has 1 N–H and O–H groups in total. The second kappa shape index (κ2) is 8.45. The number of nitrogens with zero attached hydrogens (tertiary/aromatic N) is 2. The molecule has 34 heavy (non-hydrogen) atoms. The van der Waals surface area contributed by atoms with Gasteiger partial charge >= 0.3 is 0 Å². The number of nitrogens with one attached hydrogen (secondary N) is 1. The summed E-state index contributed by atoms with van der Waals surface area (Å²) in [5, 5.41) is 2.89. The van der Waals surface area contributed by atoms with Crippen LogP contribution in [0.25, 0.3) is 0 Å². The van der Waals surface area contributed by atoms with Crippen molar-refractivity contribution in [3.8, 4) is 17.4 Å². The quantitative estimate of drug-likeness (QED) is 0.737. The second-order valence-corrected chi connectivity index (χ2v) is 9.55. The highest BCUT2D eigenvalue weighted by Crippen LogP contribution is 2.40. The van der Waals surface area contributed by atoms with Crippen molar-refractivity contribution in [2.24, 2.45) is 5.92 Å². The van der Waals surface area contributed by atoms with E-state index >= 15 is 0 Å². The largest absolute Gasteiger partial charge is 0.490 e. The van der Waals surface area contributed by atoms with Crippen molar-refractivity contribution in [3.63, 3.8) is 0 Å². The summed E-state index contributed by atoms with van der Waals surface area (Å²) < 4.78 is 32.7. The molecule has 0 bridgehead atoms. The number of anilines is 1. The molecule has 3 aliphatic rings. The summed E-state index contributed by atoms with van der Waals surface area (Å²) in [6.45, 7) is 7.66. The molecule has 180 valence electrons. The zero-order valence-electron chi connectivity index (χ0n) is 19.7. The third-order valence-corrected chi connectivity index (χ3v) is 6.48. The van der Waals surface area contributed by atoms with Crippen LogP contribution in [0.15, 0.2) is 18.3 Å². The highest BCUT2D eigenvalue weighted by molar-refractivity contribution is 6.00. The Bertz CT molecular complexity index is 1170. The molecule has 0 aliphatic carbocycles. The molecule has 3 aliphatic heterocycles. The number of carbonyl (C=O) groups excluding carboxylic acids is 2. The summed E-state index contributed by atoms with van der Waals surface area (Å²) in [7, 11) is 0. The molecule has 1 fully saturated rings. The summed E-state index contributed by atoms with van der Waals surface area (Å²) >= 11 is 0. The summed E-state index contributed by atoms with van der Waals surface area (Å²) in [4.78, 5) is 31.6. The molecule has 2 aromatic rings. The van der Waals surface area contributed by atoms with E-state index in [4.69, 9.17) is 14.2 Å². The van der Waals surface area contributed by atoms with Gasteiger partial charge in [0.15, 0.2) is 11.6 Å². The molecular weight excluding hydrogens is 441 g/mol. The van der Waals surface area contributed by atoms with E-state index in [0.717, 1.165) is 5.56 Å². The van der Waals surface area contributed by atoms with Crippen LogP contribution in [0, 0.1) is 18.7 Å². The number of carbonyl (C=O) groups is 2. The standard InChI is InChI=1S/C25H28FN3O5/c1-12(2)33-23-21-19(6-13(3)22(23)26)32-11-16-7-17(10-29(16)25(21)31)34-20-8-18-15(9-27-20)5-14(4)24(30)28-18/h6,8-9,12,14,16-17H,5,7,10-11H2,1-4H3,(H,28,30)/t14?,16-,17+/m1/s1. The van der Waals surface area contributed by atoms with Crippen molar-refractivity contribution in [1.82, 2.24) is 9.88 Å². The van der Waals surface area contributed by atoms with Crippen LogP contribution in [0.5, 0.6) is 17.4 Å². The zero-order valence-corrected chi connectivity index (χ0v) is 19.7. The first-order valence-corrected chi connectivity index (χ1v) is 11.6. The molecule has 3 atom stereocenters. The Kier molecular flexibility index (Phi) is 5.58. The van der Waals surface area contributed by atoms with Gasteiger partial charge in [-0.25, -0.2) is 9.37 Å². The Balaban J connectivity index is 1.37. The van der Waals surface area contributed by atoms with Crippen molar-refractivity contribution < 1.29 is 28.2 Å². The zero-order chi connectivity index (χ0) is 24.1. The summed E-state index contributed by atoms with van der Waals surface area (Å²) in [6.07, 6.45) is 2.28. The van der Waals surface area contributed by atoms with E-state index in [-0.39, 0.29) is 53.9 Å². The minimum Gasteiger partial charge on any atom is -0.490 e. The lowest BCUT2D eigenvalue weighted by atomic mass is 9.96. The van der Waals surface area contributed by atoms with Gasteiger partial charge in [-0.1, -0.05) is 6.92 Å². The van der Waals surface area contributed by atoms with Crippen LogP contribution in [0.3, 0.4) is 0 Å². The molecule has 1 aromatic heterocycles. The Hall–Kier alpha value is -3.36. The Labute approximate surface area is 197 Å². The van der Waals surface area contributed by atoms with Gasteiger partial charge in [0.1, 0.15) is 24.0 Å². The van der Waals surface area contributed by atoms with Crippen LogP contribution in [-0.4, -0.2) is 53.1 Å². The molecule has 1 unspecified atom stereocenters. The molecule has 9 heteroatoms. The number of fused-ring (bicyclic) bond motifs is 3. The fraction of sp³-hybridized carbons (Fsp3) is 0.480. The lowest BCUT2D eigenvalue weighted by molar-refractivity contribution is -0.119. The van der Waals surface area contributed by atoms with Crippen molar-refractivity contribution in [2.45, 2.75) is 58.8 Å². The summed E-state index contributed by atoms with van der Waals surface area (Å²) in [5.74, 6) is -0.350. The molecule has 0 saturated carbocycles. The van der Waals surface area contributed by atoms with Gasteiger partial charge in [0, 0.05) is 24.6 Å². The maximum Gasteiger partial charge on any atom is 0.262 e. The van der Waals surface area contributed by atoms with Gasteiger partial charge in [-0.05, 0) is 44.4 Å². The molecule has 0 radical (unpaired) electrons. The van der Waals surface area contributed by atoms with Crippen LogP contribution in [0.4, 0.5) is 10.1 Å². The van der Waals surface area contributed by atoms with Gasteiger partial charge in [0.05, 0.1) is 24.4 Å². The minimum absolute atomic E-state index is 0.0257. The van der Waals surface area contributed by atoms with Crippen LogP contribution in [0.2, 0.25) is 0 Å². The van der Waals surface area contributed by atoms with Gasteiger partial charge in [-0.2, -0.15) is 0 Å². The number of halogens is 1. The summed E-state index contributed by atoms with van der Waals surface area (Å²) in [6, 6.07) is 3.06. The molecule has 4 heterocycles. The smallest absolute Gasteiger partial charge is 0.262 e. The number of benzene rings is 1. The first-order valence-electron chi connectivity index (χ1n) is 11.6. The van der Waals surface area contributed by atoms with Crippen molar-refractivity contribution in [1.29, 1.82) is 0 Å². The normalized spacial score (nSPS) is 23.5. The van der Waals surface area contributed by atoms with Crippen LogP contribution >= 0.6 is 0 Å². The van der Waals surface area contributed by atoms with E-state index in [1.54, 1.807) is 44.0 Å². The predicted octanol–water partition coefficient (Wildman–Crippen LogP) is 3.50. The first-order chi connectivity index (χ1) is 16.2. The molecule has 0 spiro atoms. The number of hydrogen-bond acceptors (Lipinski definition) is 6. The van der Waals surface area contributed by atoms with Crippen LogP contribution in [0.1, 0.15) is 48.7 Å². The minimum atomic E-state index is -0.551. The Morgan fingerprint density at radius 3 is 2.85 bits per heavy atom. The van der Waals surface area contributed by atoms with E-state index in [2.05, 4.69) is 10.3 Å². The van der Waals surface area contributed by atoms with E-state index in [9.17, 15) is 14.0 Å². The highest BCUT2D eigenvalue weighted by Gasteiger charge is 2.42. The maximum atomic E-state index is 14.9. The average Bonchev–Trinajstić information content (AvgIpc) is 3.13. The van der Waals surface area contributed by atoms with Gasteiger partial charge in [-0.15, -0.1) is 0 Å². The third-order valence-electron chi connectivity index (χ3n) is 6.48. The van der Waals surface area contributed by atoms with E-state index in [0.29, 0.717) is 42.3 Å². The molecular formula is C25H28FN3O5. The van der Waals surface area contributed by atoms with Crippen LogP contribution in [-0.2, 0) is 11.2 Å². The maximum absolute atomic E-state index is 14.9. The van der Waals surface area contributed by atoms with E-state index in [1.165, 1.54) is 0 Å². The number of pyridine rings is 1. The van der Waals surface area contributed by atoms with E-state index < -0.39 is 5.82 Å². The predicted molar refractivity (Wildman–Crippen MR) is 122 cm³/mol. The Morgan fingerprint density at radius 2 is 2.09 bits per heavy atom. The van der Waals surface area contributed by atoms with Gasteiger partial charge in [0.25, 0.3) is 5.91 Å². The lowest BCUT2D eigenvalue weighted by Gasteiger charge is -2.23. The van der Waals surface area contributed by atoms with Gasteiger partial charge in [-0.3, -0.25) is 9.59 Å². The van der Waals surface area contributed by atoms with Crippen LogP contribution < -0.4 is 19.5 Å². The third kappa shape index (κ3) is 3.93. The number of amides is 2. The fourth-order valence-electron chi connectivity index (χ4n) is 4.75. The number of aryl methyl sites for hydroxylation is 1. The van der Waals surface area contributed by atoms with Crippen molar-refractivity contribution in [3.05, 3.63) is 40.8 Å². The SMILES string of the molecule is Cc1cc2c(c(OC(C)C)c1F)C(=O)N1C[C@@H](Oc3cc4c(cn3)CC(C)C(=O)N4)C[C@@H]1CO2. The number of rotatable bonds is 4. The second-order valence-electron chi connectivity index (χ2n) is 9.55. The van der Waals surface area contributed by atoms with Crippen molar-refractivity contribution >= 4 is 17.5 Å². The molecule has 1 aromatic carbocycles. The molecule has 8 nitrogen and oxygen atoms in total. The monoisotopic (exact) mass is 469 g/mol. The van der Waals surface area contributed by atoms with Crippen molar-refractivity contribution in [2.75, 3.05) is 18.5 Å². The molecule has 1 saturated heterocycles. The lowest BCUT2D eigenvalue weighted by Crippen LogP contribution is -2.37. The molecule has 2 amide bonds. The number of hydrogen-bond donors (Lipinski definition) is 1.